The molecule has 0 amide bonds. The van der Waals surface area contributed by atoms with E-state index in [1.54, 1.807) is 36.4 Å². The van der Waals surface area contributed by atoms with E-state index in [1.807, 2.05) is 30.5 Å². The van der Waals surface area contributed by atoms with Crippen LogP contribution in [0.25, 0.3) is 0 Å². The molecule has 0 N–H and O–H groups in total. The summed E-state index contributed by atoms with van der Waals surface area (Å²) in [5, 5.41) is 20.4. The number of nitro benzene ring substituents is 1. The lowest BCUT2D eigenvalue weighted by molar-refractivity contribution is -0.384. The molecule has 0 atom stereocenters. The Morgan fingerprint density at radius 1 is 0.714 bits per heavy atom. The molecule has 49 heavy (non-hydrogen) atoms. The van der Waals surface area contributed by atoms with E-state index in [1.165, 1.54) is 48.5 Å². The van der Waals surface area contributed by atoms with Gasteiger partial charge < -0.3 is 18.8 Å². The Balaban J connectivity index is 1.50. The average molecular weight is 703 g/mol. The van der Waals surface area contributed by atoms with Crippen LogP contribution in [0.1, 0.15) is 6.92 Å². The summed E-state index contributed by atoms with van der Waals surface area (Å²) in [5.74, 6) is -0.338. The van der Waals surface area contributed by atoms with Crippen LogP contribution in [0.4, 0.5) is 49.1 Å². The van der Waals surface area contributed by atoms with Crippen molar-refractivity contribution in [2.45, 2.75) is 13.5 Å². The highest BCUT2D eigenvalue weighted by atomic mass is 28.4. The molecule has 0 radical (unpaired) electrons. The van der Waals surface area contributed by atoms with Gasteiger partial charge in [-0.15, -0.1) is 0 Å². The summed E-state index contributed by atoms with van der Waals surface area (Å²) < 4.78 is 92.4. The number of benzene rings is 4. The molecule has 0 fully saturated rings. The molecule has 9 nitrogen and oxygen atoms in total. The monoisotopic (exact) mass is 702 g/mol. The molecule has 0 aliphatic carbocycles. The molecule has 0 saturated carbocycles. The summed E-state index contributed by atoms with van der Waals surface area (Å²) in [6.07, 6.45) is -5.20. The second-order valence-corrected chi connectivity index (χ2v) is 13.8. The Morgan fingerprint density at radius 2 is 1.14 bits per heavy atom. The Morgan fingerprint density at radius 3 is 1.53 bits per heavy atom. The molecule has 0 heterocycles. The third kappa shape index (κ3) is 9.77. The number of nitro groups is 1. The smallest absolute Gasteiger partial charge is 0.344 e. The maximum Gasteiger partial charge on any atom is 0.344 e. The molecule has 0 aliphatic heterocycles. The molecular weight excluding hydrogens is 674 g/mol. The van der Waals surface area contributed by atoms with E-state index in [-0.39, 0.29) is 23.8 Å². The van der Waals surface area contributed by atoms with Crippen molar-refractivity contribution in [2.24, 2.45) is 10.2 Å². The number of non-ortho nitro benzene ring substituents is 1. The summed E-state index contributed by atoms with van der Waals surface area (Å²) >= 11 is 0. The van der Waals surface area contributed by atoms with Gasteiger partial charge in [0.25, 0.3) is 14.0 Å². The van der Waals surface area contributed by atoms with Crippen LogP contribution in [0.5, 0.6) is 11.5 Å². The SMILES string of the molecule is CCN(CCO[Si](C)(c1ccc(OC(F)=C(F)F)cc1)c1ccc(OC(F)=C(F)F)cc1)c1ccc(N=Nc2ccc([N+](=O)[O-])cc2)cc1. The van der Waals surface area contributed by atoms with Gasteiger partial charge in [0.1, 0.15) is 11.5 Å². The van der Waals surface area contributed by atoms with E-state index < -0.39 is 37.4 Å². The average Bonchev–Trinajstić information content (AvgIpc) is 3.10. The number of hydrogen-bond acceptors (Lipinski definition) is 8. The van der Waals surface area contributed by atoms with Gasteiger partial charge in [0.05, 0.1) is 22.9 Å². The first-order valence-electron chi connectivity index (χ1n) is 14.5. The van der Waals surface area contributed by atoms with Crippen molar-refractivity contribution < 1.29 is 45.2 Å². The summed E-state index contributed by atoms with van der Waals surface area (Å²) in [6.45, 7) is 5.06. The Hall–Kier alpha value is -5.48. The lowest BCUT2D eigenvalue weighted by Crippen LogP contribution is -2.59. The maximum atomic E-state index is 13.3. The quantitative estimate of drug-likeness (QED) is 0.0306. The number of hydrogen-bond donors (Lipinski definition) is 0. The van der Waals surface area contributed by atoms with E-state index >= 15 is 0 Å². The minimum absolute atomic E-state index is 0.0513. The van der Waals surface area contributed by atoms with E-state index in [0.29, 0.717) is 34.8 Å². The maximum absolute atomic E-state index is 13.3. The Bertz CT molecular complexity index is 1750. The highest BCUT2D eigenvalue weighted by molar-refractivity contribution is 6.96. The Labute approximate surface area is 277 Å². The van der Waals surface area contributed by atoms with Crippen molar-refractivity contribution in [1.29, 1.82) is 0 Å². The van der Waals surface area contributed by atoms with Crippen LogP contribution in [0.3, 0.4) is 0 Å². The third-order valence-electron chi connectivity index (χ3n) is 7.21. The van der Waals surface area contributed by atoms with Crippen LogP contribution in [0.2, 0.25) is 6.55 Å². The van der Waals surface area contributed by atoms with Crippen molar-refractivity contribution in [1.82, 2.24) is 0 Å². The highest BCUT2D eigenvalue weighted by Gasteiger charge is 2.34. The standard InChI is InChI=1S/C33H28F6N4O5Si/c1-3-42(24-8-4-22(5-9-24)40-41-23-6-10-25(11-7-23)43(44)45)20-21-46-49(2,28-16-12-26(13-17-28)47-32(38)30(34)35)29-18-14-27(15-19-29)48-33(39)31(36)37/h4-19H,3,20-21H2,1-2H3. The molecule has 16 heteroatoms. The molecule has 256 valence electrons. The Kier molecular flexibility index (Phi) is 12.3. The van der Waals surface area contributed by atoms with Crippen molar-refractivity contribution in [3.8, 4) is 11.5 Å². The lowest BCUT2D eigenvalue weighted by atomic mass is 10.2. The molecule has 0 aliphatic rings. The fourth-order valence-electron chi connectivity index (χ4n) is 4.62. The molecule has 0 saturated heterocycles. The van der Waals surface area contributed by atoms with Crippen molar-refractivity contribution in [2.75, 3.05) is 24.6 Å². The largest absolute Gasteiger partial charge is 0.428 e. The molecule has 4 aromatic rings. The first kappa shape index (κ1) is 36.4. The van der Waals surface area contributed by atoms with Gasteiger partial charge in [-0.3, -0.25) is 10.1 Å². The highest BCUT2D eigenvalue weighted by Crippen LogP contribution is 2.25. The predicted molar refractivity (Wildman–Crippen MR) is 173 cm³/mol. The predicted octanol–water partition coefficient (Wildman–Crippen LogP) is 9.07. The van der Waals surface area contributed by atoms with Gasteiger partial charge in [-0.05, 0) is 84.5 Å². The normalized spacial score (nSPS) is 11.3. The van der Waals surface area contributed by atoms with Crippen LogP contribution in [0, 0.1) is 10.1 Å². The lowest BCUT2D eigenvalue weighted by Gasteiger charge is -2.31. The fourth-order valence-corrected chi connectivity index (χ4v) is 7.39. The number of nitrogens with zero attached hydrogens (tertiary/aromatic N) is 4. The molecule has 4 rings (SSSR count). The van der Waals surface area contributed by atoms with E-state index in [9.17, 15) is 36.5 Å². The third-order valence-corrected chi connectivity index (χ3v) is 10.9. The molecule has 0 spiro atoms. The summed E-state index contributed by atoms with van der Waals surface area (Å²) in [7, 11) is -3.12. The van der Waals surface area contributed by atoms with Crippen LogP contribution in [-0.4, -0.2) is 32.9 Å². The first-order valence-corrected chi connectivity index (χ1v) is 16.9. The number of likely N-dealkylation sites (N-methyl/N-ethyl adjacent to an activating group) is 1. The van der Waals surface area contributed by atoms with Gasteiger partial charge in [0, 0.05) is 30.9 Å². The van der Waals surface area contributed by atoms with Gasteiger partial charge in [-0.2, -0.15) is 36.6 Å². The summed E-state index contributed by atoms with van der Waals surface area (Å²) in [6, 6.07) is 20.3. The van der Waals surface area contributed by atoms with Crippen molar-refractivity contribution >= 4 is 41.4 Å². The molecule has 0 aromatic heterocycles. The van der Waals surface area contributed by atoms with Crippen molar-refractivity contribution in [3.05, 3.63) is 131 Å². The van der Waals surface area contributed by atoms with Gasteiger partial charge in [-0.1, -0.05) is 24.3 Å². The van der Waals surface area contributed by atoms with Crippen molar-refractivity contribution in [3.63, 3.8) is 0 Å². The van der Waals surface area contributed by atoms with E-state index in [4.69, 9.17) is 4.43 Å². The summed E-state index contributed by atoms with van der Waals surface area (Å²) in [5.41, 5.74) is 1.82. The van der Waals surface area contributed by atoms with E-state index in [0.717, 1.165) is 5.69 Å². The fraction of sp³-hybridized carbons (Fsp3) is 0.152. The topological polar surface area (TPSA) is 98.8 Å². The second kappa shape index (κ2) is 16.6. The van der Waals surface area contributed by atoms with Crippen LogP contribution in [-0.2, 0) is 4.43 Å². The van der Waals surface area contributed by atoms with Crippen LogP contribution >= 0.6 is 0 Å². The molecule has 4 aromatic carbocycles. The zero-order valence-corrected chi connectivity index (χ0v) is 27.0. The molecule has 0 unspecified atom stereocenters. The van der Waals surface area contributed by atoms with Gasteiger partial charge in [-0.25, -0.2) is 0 Å². The summed E-state index contributed by atoms with van der Waals surface area (Å²) in [4.78, 5) is 12.4. The minimum atomic E-state index is -3.12. The van der Waals surface area contributed by atoms with Gasteiger partial charge in [0.2, 0.25) is 0 Å². The number of rotatable bonds is 15. The minimum Gasteiger partial charge on any atom is -0.428 e. The zero-order valence-electron chi connectivity index (χ0n) is 26.0. The van der Waals surface area contributed by atoms with E-state index in [2.05, 4.69) is 19.7 Å². The number of ether oxygens (including phenoxy) is 2. The first-order chi connectivity index (χ1) is 23.4. The van der Waals surface area contributed by atoms with Crippen LogP contribution < -0.4 is 24.7 Å². The number of anilines is 1. The number of halogens is 6. The molecular formula is C33H28F6N4O5Si. The van der Waals surface area contributed by atoms with Gasteiger partial charge >= 0.3 is 24.2 Å². The zero-order chi connectivity index (χ0) is 35.6. The molecule has 0 bridgehead atoms. The van der Waals surface area contributed by atoms with Crippen LogP contribution in [0.15, 0.2) is 131 Å². The van der Waals surface area contributed by atoms with Gasteiger partial charge in [0.15, 0.2) is 0 Å². The number of azo groups is 1. The second-order valence-electron chi connectivity index (χ2n) is 10.3.